The second-order valence-corrected chi connectivity index (χ2v) is 13.0. The number of nitrogens with zero attached hydrogens (tertiary/aromatic N) is 3. The first-order valence-electron chi connectivity index (χ1n) is 15.0. The van der Waals surface area contributed by atoms with Crippen LogP contribution in [0.5, 0.6) is 5.75 Å². The molecular weight excluding hydrogens is 552 g/mol. The number of hydrogen-bond donors (Lipinski definition) is 3. The molecule has 0 saturated heterocycles. The molecule has 0 spiro atoms. The minimum Gasteiger partial charge on any atom is -0.488 e. The molecule has 2 aromatic heterocycles. The first kappa shape index (κ1) is 32.4. The van der Waals surface area contributed by atoms with Crippen LogP contribution in [0.4, 0.5) is 5.82 Å². The molecule has 2 aromatic carbocycles. The number of nitrogens with two attached hydrogens (primary N) is 1. The van der Waals surface area contributed by atoms with Gasteiger partial charge in [-0.15, -0.1) is 0 Å². The van der Waals surface area contributed by atoms with Crippen LogP contribution in [0.2, 0.25) is 0 Å². The number of anilines is 1. The number of amides is 2. The van der Waals surface area contributed by atoms with Crippen molar-refractivity contribution in [3.63, 3.8) is 0 Å². The number of nitrogens with one attached hydrogen (secondary N) is 2. The van der Waals surface area contributed by atoms with Crippen LogP contribution in [-0.2, 0) is 21.4 Å². The smallest absolute Gasteiger partial charge is 0.243 e. The van der Waals surface area contributed by atoms with E-state index in [1.54, 1.807) is 12.4 Å². The summed E-state index contributed by atoms with van der Waals surface area (Å²) in [6.45, 7) is 13.0. The van der Waals surface area contributed by atoms with Crippen molar-refractivity contribution >= 4 is 17.6 Å². The standard InChI is InChI=1S/C35H44N6O3/c1-34(2,3)26-11-13-27(14-12-26)41-31(23-30(40-41)25-17-20-37-21-18-25)38-19-7-8-32(42)39-33(43)29(36)22-24-9-15-28(16-10-24)44-35(4,5)6/h9-18,20-21,23,29,38H,7-8,19,22,36H2,1-6H3,(H,39,42,43). The van der Waals surface area contributed by atoms with Gasteiger partial charge < -0.3 is 15.8 Å². The first-order valence-corrected chi connectivity index (χ1v) is 15.0. The Bertz CT molecular complexity index is 1530. The zero-order valence-electron chi connectivity index (χ0n) is 26.6. The quantitative estimate of drug-likeness (QED) is 0.187. The van der Waals surface area contributed by atoms with Crippen LogP contribution in [0.1, 0.15) is 65.5 Å². The van der Waals surface area contributed by atoms with Crippen molar-refractivity contribution in [3.05, 3.63) is 90.3 Å². The van der Waals surface area contributed by atoms with Gasteiger partial charge in [-0.1, -0.05) is 45.0 Å². The third kappa shape index (κ3) is 9.25. The van der Waals surface area contributed by atoms with Crippen LogP contribution in [0.3, 0.4) is 0 Å². The summed E-state index contributed by atoms with van der Waals surface area (Å²) in [6.07, 6.45) is 4.49. The minimum atomic E-state index is -0.836. The van der Waals surface area contributed by atoms with Crippen LogP contribution in [0.25, 0.3) is 16.9 Å². The van der Waals surface area contributed by atoms with E-state index in [0.29, 0.717) is 19.4 Å². The van der Waals surface area contributed by atoms with Crippen LogP contribution >= 0.6 is 0 Å². The van der Waals surface area contributed by atoms with Gasteiger partial charge >= 0.3 is 0 Å². The van der Waals surface area contributed by atoms with E-state index in [4.69, 9.17) is 15.6 Å². The van der Waals surface area contributed by atoms with Gasteiger partial charge in [0.05, 0.1) is 17.4 Å². The van der Waals surface area contributed by atoms with Crippen molar-refractivity contribution in [3.8, 4) is 22.7 Å². The highest BCUT2D eigenvalue weighted by atomic mass is 16.5. The summed E-state index contributed by atoms with van der Waals surface area (Å²) in [5.41, 5.74) is 10.7. The average molecular weight is 597 g/mol. The minimum absolute atomic E-state index is 0.0464. The number of pyridine rings is 1. The van der Waals surface area contributed by atoms with Crippen molar-refractivity contribution in [1.29, 1.82) is 0 Å². The maximum absolute atomic E-state index is 12.6. The number of carbonyl (C=O) groups is 2. The van der Waals surface area contributed by atoms with Crippen molar-refractivity contribution < 1.29 is 14.3 Å². The molecule has 0 aliphatic carbocycles. The predicted octanol–water partition coefficient (Wildman–Crippen LogP) is 5.81. The van der Waals surface area contributed by atoms with Crippen molar-refractivity contribution in [2.75, 3.05) is 11.9 Å². The van der Waals surface area contributed by atoms with Gasteiger partial charge in [0, 0.05) is 37.0 Å². The van der Waals surface area contributed by atoms with E-state index in [1.165, 1.54) is 5.56 Å². The van der Waals surface area contributed by atoms with Crippen LogP contribution in [0, 0.1) is 0 Å². The lowest BCUT2D eigenvalue weighted by atomic mass is 9.87. The third-order valence-electron chi connectivity index (χ3n) is 6.95. The van der Waals surface area contributed by atoms with Gasteiger partial charge in [-0.25, -0.2) is 4.68 Å². The number of imide groups is 1. The fourth-order valence-electron chi connectivity index (χ4n) is 4.62. The number of aromatic nitrogens is 3. The second-order valence-electron chi connectivity index (χ2n) is 13.0. The Morgan fingerprint density at radius 3 is 2.20 bits per heavy atom. The molecule has 0 bridgehead atoms. The van der Waals surface area contributed by atoms with E-state index in [1.807, 2.05) is 67.9 Å². The molecule has 4 aromatic rings. The molecule has 232 valence electrons. The molecule has 1 atom stereocenters. The van der Waals surface area contributed by atoms with Gasteiger partial charge in [-0.2, -0.15) is 5.10 Å². The Balaban J connectivity index is 1.31. The van der Waals surface area contributed by atoms with Crippen molar-refractivity contribution in [2.24, 2.45) is 5.73 Å². The highest BCUT2D eigenvalue weighted by molar-refractivity contribution is 5.97. The molecule has 0 saturated carbocycles. The van der Waals surface area contributed by atoms with Gasteiger partial charge in [0.2, 0.25) is 11.8 Å². The molecule has 0 radical (unpaired) electrons. The average Bonchev–Trinajstić information content (AvgIpc) is 3.40. The van der Waals surface area contributed by atoms with E-state index in [2.05, 4.69) is 60.7 Å². The molecule has 4 N–H and O–H groups in total. The molecule has 2 heterocycles. The van der Waals surface area contributed by atoms with Gasteiger partial charge in [0.25, 0.3) is 0 Å². The molecule has 0 aliphatic heterocycles. The number of benzene rings is 2. The molecule has 9 nitrogen and oxygen atoms in total. The molecule has 2 amide bonds. The number of hydrogen-bond acceptors (Lipinski definition) is 7. The maximum atomic E-state index is 12.6. The van der Waals surface area contributed by atoms with Crippen molar-refractivity contribution in [2.45, 2.75) is 77.9 Å². The number of ether oxygens (including phenoxy) is 1. The summed E-state index contributed by atoms with van der Waals surface area (Å²) in [4.78, 5) is 29.2. The molecule has 4 rings (SSSR count). The van der Waals surface area contributed by atoms with Crippen LogP contribution in [-0.4, -0.2) is 44.8 Å². The van der Waals surface area contributed by atoms with Gasteiger partial charge in [-0.05, 0) is 86.6 Å². The summed E-state index contributed by atoms with van der Waals surface area (Å²) in [5.74, 6) is 0.706. The summed E-state index contributed by atoms with van der Waals surface area (Å²) in [5, 5.41) is 10.7. The fraction of sp³-hybridized carbons (Fsp3) is 0.371. The summed E-state index contributed by atoms with van der Waals surface area (Å²) in [7, 11) is 0. The largest absolute Gasteiger partial charge is 0.488 e. The summed E-state index contributed by atoms with van der Waals surface area (Å²) in [6, 6.07) is 20.8. The van der Waals surface area contributed by atoms with E-state index in [0.717, 1.165) is 34.1 Å². The number of carbonyl (C=O) groups excluding carboxylic acids is 2. The summed E-state index contributed by atoms with van der Waals surface area (Å²) < 4.78 is 7.70. The molecule has 0 fully saturated rings. The Kier molecular flexibility index (Phi) is 10.2. The highest BCUT2D eigenvalue weighted by Gasteiger charge is 2.19. The Labute approximate surface area is 260 Å². The van der Waals surface area contributed by atoms with Gasteiger partial charge in [-0.3, -0.25) is 19.9 Å². The Morgan fingerprint density at radius 1 is 0.932 bits per heavy atom. The lowest BCUT2D eigenvalue weighted by molar-refractivity contribution is -0.131. The zero-order chi connectivity index (χ0) is 31.9. The van der Waals surface area contributed by atoms with Crippen LogP contribution < -0.4 is 21.1 Å². The van der Waals surface area contributed by atoms with Gasteiger partial charge in [0.1, 0.15) is 17.2 Å². The third-order valence-corrected chi connectivity index (χ3v) is 6.95. The maximum Gasteiger partial charge on any atom is 0.243 e. The Hall–Kier alpha value is -4.50. The summed E-state index contributed by atoms with van der Waals surface area (Å²) >= 11 is 0. The molecular formula is C35H44N6O3. The van der Waals surface area contributed by atoms with Gasteiger partial charge in [0.15, 0.2) is 0 Å². The SMILES string of the molecule is CC(C)(C)Oc1ccc(CC(N)C(=O)NC(=O)CCCNc2cc(-c3ccncc3)nn2-c2ccc(C(C)(C)C)cc2)cc1. The first-order chi connectivity index (χ1) is 20.8. The topological polar surface area (TPSA) is 124 Å². The molecule has 44 heavy (non-hydrogen) atoms. The van der Waals surface area contributed by atoms with Crippen LogP contribution in [0.15, 0.2) is 79.1 Å². The fourth-order valence-corrected chi connectivity index (χ4v) is 4.62. The van der Waals surface area contributed by atoms with E-state index in [-0.39, 0.29) is 23.3 Å². The molecule has 0 aliphatic rings. The normalized spacial score (nSPS) is 12.4. The predicted molar refractivity (Wildman–Crippen MR) is 175 cm³/mol. The van der Waals surface area contributed by atoms with E-state index >= 15 is 0 Å². The van der Waals surface area contributed by atoms with E-state index in [9.17, 15) is 9.59 Å². The molecule has 1 unspecified atom stereocenters. The zero-order valence-corrected chi connectivity index (χ0v) is 26.6. The lowest BCUT2D eigenvalue weighted by Gasteiger charge is -2.21. The lowest BCUT2D eigenvalue weighted by Crippen LogP contribution is -2.44. The van der Waals surface area contributed by atoms with Crippen molar-refractivity contribution in [1.82, 2.24) is 20.1 Å². The Morgan fingerprint density at radius 2 is 1.59 bits per heavy atom. The second kappa shape index (κ2) is 13.9. The monoisotopic (exact) mass is 596 g/mol. The number of rotatable bonds is 11. The molecule has 9 heteroatoms. The highest BCUT2D eigenvalue weighted by Crippen LogP contribution is 2.27. The van der Waals surface area contributed by atoms with E-state index < -0.39 is 11.9 Å².